The summed E-state index contributed by atoms with van der Waals surface area (Å²) in [6.07, 6.45) is 11.5. The molecule has 0 saturated carbocycles. The molecule has 2 atom stereocenters. The number of hydrogen-bond donors (Lipinski definition) is 0. The van der Waals surface area contributed by atoms with Gasteiger partial charge < -0.3 is 9.64 Å². The Bertz CT molecular complexity index is 1020. The minimum absolute atomic E-state index is 0.0783. The summed E-state index contributed by atoms with van der Waals surface area (Å²) >= 11 is 0. The van der Waals surface area contributed by atoms with Crippen molar-refractivity contribution < 1.29 is 14.3 Å². The van der Waals surface area contributed by atoms with Gasteiger partial charge in [0.2, 0.25) is 0 Å². The molecule has 2 aromatic carbocycles. The highest BCUT2D eigenvalue weighted by Crippen LogP contribution is 2.45. The van der Waals surface area contributed by atoms with E-state index in [1.165, 1.54) is 35.1 Å². The van der Waals surface area contributed by atoms with Crippen molar-refractivity contribution in [2.75, 3.05) is 6.61 Å². The second-order valence-electron chi connectivity index (χ2n) is 10.5. The first-order valence-corrected chi connectivity index (χ1v) is 13.4. The third kappa shape index (κ3) is 4.94. The minimum atomic E-state index is -0.201. The van der Waals surface area contributed by atoms with Gasteiger partial charge in [0.25, 0.3) is 0 Å². The van der Waals surface area contributed by atoms with Crippen molar-refractivity contribution in [1.29, 1.82) is 0 Å². The molecule has 2 aromatic rings. The largest absolute Gasteiger partial charge is 0.448 e. The Morgan fingerprint density at radius 2 is 1.49 bits per heavy atom. The Kier molecular flexibility index (Phi) is 7.36. The van der Waals surface area contributed by atoms with E-state index in [2.05, 4.69) is 55.1 Å². The molecule has 2 saturated heterocycles. The third-order valence-electron chi connectivity index (χ3n) is 8.32. The van der Waals surface area contributed by atoms with Gasteiger partial charge in [0, 0.05) is 30.3 Å². The number of carbonyl (C=O) groups is 2. The number of ether oxygens (including phenoxy) is 1. The van der Waals surface area contributed by atoms with Gasteiger partial charge in [-0.05, 0) is 67.2 Å². The van der Waals surface area contributed by atoms with Gasteiger partial charge in [0.1, 0.15) is 12.4 Å². The van der Waals surface area contributed by atoms with Crippen molar-refractivity contribution in [1.82, 2.24) is 4.90 Å². The molecule has 4 nitrogen and oxygen atoms in total. The number of piperidine rings is 1. The predicted octanol–water partition coefficient (Wildman–Crippen LogP) is 7.27. The van der Waals surface area contributed by atoms with Crippen molar-refractivity contribution >= 4 is 11.9 Å². The second kappa shape index (κ2) is 10.8. The lowest BCUT2D eigenvalue weighted by Crippen LogP contribution is -2.48. The van der Waals surface area contributed by atoms with E-state index in [0.717, 1.165) is 44.9 Å². The van der Waals surface area contributed by atoms with Crippen LogP contribution in [0.15, 0.2) is 61.2 Å². The number of nitrogens with zero attached hydrogens (tertiary/aromatic N) is 1. The molecule has 2 bridgehead atoms. The Labute approximate surface area is 209 Å². The molecule has 3 aliphatic rings. The molecular weight excluding hydrogens is 434 g/mol. The predicted molar refractivity (Wildman–Crippen MR) is 139 cm³/mol. The molecule has 35 heavy (non-hydrogen) atoms. The zero-order chi connectivity index (χ0) is 24.2. The molecular formula is C31H37NO3. The van der Waals surface area contributed by atoms with Crippen molar-refractivity contribution in [3.63, 3.8) is 0 Å². The van der Waals surface area contributed by atoms with Crippen LogP contribution in [0.3, 0.4) is 0 Å². The number of allylic oxidation sites excluding steroid dienone is 1. The molecule has 2 aliphatic heterocycles. The lowest BCUT2D eigenvalue weighted by molar-refractivity contribution is -0.125. The second-order valence-corrected chi connectivity index (χ2v) is 10.5. The van der Waals surface area contributed by atoms with Crippen molar-refractivity contribution in [3.05, 3.63) is 72.3 Å². The zero-order valence-corrected chi connectivity index (χ0v) is 20.7. The summed E-state index contributed by atoms with van der Waals surface area (Å²) in [5, 5.41) is 0. The van der Waals surface area contributed by atoms with Gasteiger partial charge in [-0.2, -0.15) is 0 Å². The Hall–Kier alpha value is -2.88. The Balaban J connectivity index is 1.15. The SMILES string of the molecule is C=CCCCCCCC(=O)C1CC2CCC(C1)N2C(=O)OCC1c2ccccc2-c2ccccc21. The molecule has 2 fully saturated rings. The normalized spacial score (nSPS) is 22.5. The zero-order valence-electron chi connectivity index (χ0n) is 20.7. The fraction of sp³-hybridized carbons (Fsp3) is 0.484. The molecule has 184 valence electrons. The van der Waals surface area contributed by atoms with Crippen LogP contribution in [0.25, 0.3) is 11.1 Å². The van der Waals surface area contributed by atoms with Gasteiger partial charge in [0.15, 0.2) is 0 Å². The van der Waals surface area contributed by atoms with Gasteiger partial charge in [-0.25, -0.2) is 4.79 Å². The Morgan fingerprint density at radius 1 is 0.886 bits per heavy atom. The average Bonchev–Trinajstić information content (AvgIpc) is 3.35. The van der Waals surface area contributed by atoms with Crippen LogP contribution in [0.1, 0.15) is 81.3 Å². The summed E-state index contributed by atoms with van der Waals surface area (Å²) < 4.78 is 5.96. The number of fused-ring (bicyclic) bond motifs is 5. The van der Waals surface area contributed by atoms with Crippen LogP contribution in [-0.2, 0) is 9.53 Å². The van der Waals surface area contributed by atoms with E-state index in [0.29, 0.717) is 18.8 Å². The van der Waals surface area contributed by atoms with Crippen LogP contribution in [0.4, 0.5) is 4.79 Å². The maximum Gasteiger partial charge on any atom is 0.410 e. The third-order valence-corrected chi connectivity index (χ3v) is 8.32. The first-order chi connectivity index (χ1) is 17.2. The number of ketones is 1. The van der Waals surface area contributed by atoms with Crippen LogP contribution in [0.2, 0.25) is 0 Å². The molecule has 2 unspecified atom stereocenters. The summed E-state index contributed by atoms with van der Waals surface area (Å²) in [6.45, 7) is 4.12. The van der Waals surface area contributed by atoms with Gasteiger partial charge in [-0.1, -0.05) is 67.4 Å². The lowest BCUT2D eigenvalue weighted by atomic mass is 9.85. The van der Waals surface area contributed by atoms with Crippen LogP contribution in [0.5, 0.6) is 0 Å². The van der Waals surface area contributed by atoms with Crippen molar-refractivity contribution in [2.45, 2.75) is 82.2 Å². The average molecular weight is 472 g/mol. The van der Waals surface area contributed by atoms with E-state index in [9.17, 15) is 9.59 Å². The highest BCUT2D eigenvalue weighted by atomic mass is 16.6. The molecule has 4 heteroatoms. The monoisotopic (exact) mass is 471 g/mol. The molecule has 1 amide bonds. The molecule has 0 radical (unpaired) electrons. The molecule has 2 heterocycles. The standard InChI is InChI=1S/C31H37NO3/c1-2-3-4-5-6-7-16-30(33)22-19-23-17-18-24(20-22)32(23)31(34)35-21-29-27-14-10-8-12-25(27)26-13-9-11-15-28(26)29/h2,8-15,22-24,29H,1,3-7,16-21H2. The summed E-state index contributed by atoms with van der Waals surface area (Å²) in [5.41, 5.74) is 4.95. The molecule has 0 aromatic heterocycles. The van der Waals surface area contributed by atoms with Crippen molar-refractivity contribution in [3.8, 4) is 11.1 Å². The maximum atomic E-state index is 13.2. The van der Waals surface area contributed by atoms with Crippen LogP contribution < -0.4 is 0 Å². The van der Waals surface area contributed by atoms with Gasteiger partial charge >= 0.3 is 6.09 Å². The number of Topliss-reactive ketones (excluding diaryl/α,β-unsaturated/α-hetero) is 1. The number of carbonyl (C=O) groups excluding carboxylic acids is 2. The fourth-order valence-corrected chi connectivity index (χ4v) is 6.55. The highest BCUT2D eigenvalue weighted by molar-refractivity contribution is 5.82. The topological polar surface area (TPSA) is 46.6 Å². The van der Waals surface area contributed by atoms with Crippen LogP contribution >= 0.6 is 0 Å². The summed E-state index contributed by atoms with van der Waals surface area (Å²) in [6, 6.07) is 17.1. The van der Waals surface area contributed by atoms with E-state index in [1.54, 1.807) is 0 Å². The summed E-state index contributed by atoms with van der Waals surface area (Å²) in [7, 11) is 0. The van der Waals surface area contributed by atoms with Gasteiger partial charge in [0.05, 0.1) is 0 Å². The molecule has 1 aliphatic carbocycles. The van der Waals surface area contributed by atoms with E-state index >= 15 is 0 Å². The number of rotatable bonds is 10. The fourth-order valence-electron chi connectivity index (χ4n) is 6.55. The number of hydrogen-bond acceptors (Lipinski definition) is 3. The van der Waals surface area contributed by atoms with Gasteiger partial charge in [-0.15, -0.1) is 6.58 Å². The quantitative estimate of drug-likeness (QED) is 0.270. The minimum Gasteiger partial charge on any atom is -0.448 e. The number of amides is 1. The Morgan fingerprint density at radius 3 is 2.11 bits per heavy atom. The molecule has 5 rings (SSSR count). The summed E-state index contributed by atoms with van der Waals surface area (Å²) in [4.78, 5) is 28.1. The van der Waals surface area contributed by atoms with Crippen LogP contribution in [0, 0.1) is 5.92 Å². The van der Waals surface area contributed by atoms with E-state index in [1.807, 2.05) is 11.0 Å². The van der Waals surface area contributed by atoms with Gasteiger partial charge in [-0.3, -0.25) is 4.79 Å². The number of unbranched alkanes of at least 4 members (excludes halogenated alkanes) is 4. The molecule has 0 spiro atoms. The van der Waals surface area contributed by atoms with E-state index < -0.39 is 0 Å². The van der Waals surface area contributed by atoms with E-state index in [4.69, 9.17) is 4.74 Å². The first-order valence-electron chi connectivity index (χ1n) is 13.4. The van der Waals surface area contributed by atoms with E-state index in [-0.39, 0.29) is 30.0 Å². The van der Waals surface area contributed by atoms with Crippen LogP contribution in [-0.4, -0.2) is 35.5 Å². The number of benzene rings is 2. The van der Waals surface area contributed by atoms with Crippen molar-refractivity contribution in [2.24, 2.45) is 5.92 Å². The smallest absolute Gasteiger partial charge is 0.410 e. The highest BCUT2D eigenvalue weighted by Gasteiger charge is 2.45. The summed E-state index contributed by atoms with van der Waals surface area (Å²) in [5.74, 6) is 0.589. The first kappa shape index (κ1) is 23.8. The lowest BCUT2D eigenvalue weighted by Gasteiger charge is -2.37. The maximum absolute atomic E-state index is 13.2. The molecule has 0 N–H and O–H groups in total.